The molecule has 2 N–H and O–H groups in total. The van der Waals surface area contributed by atoms with E-state index in [9.17, 15) is 14.8 Å². The molecule has 3 rings (SSSR count). The van der Waals surface area contributed by atoms with E-state index in [1.165, 1.54) is 0 Å². The van der Waals surface area contributed by atoms with Crippen LogP contribution in [0.15, 0.2) is 66.1 Å². The molecule has 1 aliphatic heterocycles. The average molecular weight is 293 g/mol. The molecule has 0 aromatic heterocycles. The maximum atomic E-state index is 12.7. The van der Waals surface area contributed by atoms with Crippen LogP contribution >= 0.6 is 0 Å². The molecule has 0 bridgehead atoms. The third-order valence-electron chi connectivity index (χ3n) is 3.77. The molecule has 110 valence electrons. The standard InChI is InChI=1S/C17H16BNO3/c20-17-16(14-9-5-2-6-10-14)15(18(21)22)12-19(17)11-13-7-3-1-4-8-13/h1-10,21-22H,11-12H2. The second-order valence-corrected chi connectivity index (χ2v) is 5.29. The fourth-order valence-corrected chi connectivity index (χ4v) is 2.71. The van der Waals surface area contributed by atoms with E-state index in [1.54, 1.807) is 4.90 Å². The Hall–Kier alpha value is -2.37. The molecule has 0 saturated heterocycles. The number of carbonyl (C=O) groups is 1. The summed E-state index contributed by atoms with van der Waals surface area (Å²) in [5, 5.41) is 19.2. The van der Waals surface area contributed by atoms with E-state index < -0.39 is 7.12 Å². The van der Waals surface area contributed by atoms with Gasteiger partial charge in [0.2, 0.25) is 0 Å². The van der Waals surface area contributed by atoms with Crippen LogP contribution in [0.1, 0.15) is 11.1 Å². The van der Waals surface area contributed by atoms with Gasteiger partial charge in [-0.2, -0.15) is 0 Å². The number of amides is 1. The highest BCUT2D eigenvalue weighted by molar-refractivity contribution is 6.56. The Balaban J connectivity index is 1.90. The van der Waals surface area contributed by atoms with Gasteiger partial charge < -0.3 is 14.9 Å². The fourth-order valence-electron chi connectivity index (χ4n) is 2.71. The molecule has 0 aliphatic carbocycles. The van der Waals surface area contributed by atoms with Crippen LogP contribution in [-0.4, -0.2) is 34.5 Å². The Kier molecular flexibility index (Phi) is 4.09. The lowest BCUT2D eigenvalue weighted by Crippen LogP contribution is -2.28. The number of nitrogens with zero attached hydrogens (tertiary/aromatic N) is 1. The maximum absolute atomic E-state index is 12.7. The van der Waals surface area contributed by atoms with Crippen LogP contribution in [0, 0.1) is 0 Å². The van der Waals surface area contributed by atoms with Gasteiger partial charge >= 0.3 is 7.12 Å². The van der Waals surface area contributed by atoms with Crippen molar-refractivity contribution in [2.24, 2.45) is 0 Å². The topological polar surface area (TPSA) is 60.8 Å². The minimum Gasteiger partial charge on any atom is -0.423 e. The lowest BCUT2D eigenvalue weighted by molar-refractivity contribution is -0.124. The summed E-state index contributed by atoms with van der Waals surface area (Å²) in [5.74, 6) is -0.168. The molecule has 5 heteroatoms. The molecule has 2 aromatic rings. The molecule has 22 heavy (non-hydrogen) atoms. The molecule has 1 amide bonds. The summed E-state index contributed by atoms with van der Waals surface area (Å²) in [6.07, 6.45) is 0. The largest absolute Gasteiger partial charge is 0.486 e. The molecule has 0 saturated carbocycles. The van der Waals surface area contributed by atoms with Crippen molar-refractivity contribution in [2.75, 3.05) is 6.54 Å². The number of hydrogen-bond donors (Lipinski definition) is 2. The summed E-state index contributed by atoms with van der Waals surface area (Å²) in [4.78, 5) is 14.3. The monoisotopic (exact) mass is 293 g/mol. The van der Waals surface area contributed by atoms with Gasteiger partial charge in [0, 0.05) is 18.7 Å². The first-order chi connectivity index (χ1) is 10.7. The van der Waals surface area contributed by atoms with Crippen molar-refractivity contribution >= 4 is 18.6 Å². The molecule has 0 spiro atoms. The van der Waals surface area contributed by atoms with Crippen molar-refractivity contribution in [2.45, 2.75) is 6.54 Å². The highest BCUT2D eigenvalue weighted by Gasteiger charge is 2.35. The van der Waals surface area contributed by atoms with Gasteiger partial charge in [-0.25, -0.2) is 0 Å². The summed E-state index contributed by atoms with van der Waals surface area (Å²) < 4.78 is 0. The van der Waals surface area contributed by atoms with Crippen LogP contribution in [0.25, 0.3) is 5.57 Å². The van der Waals surface area contributed by atoms with E-state index in [0.29, 0.717) is 23.2 Å². The summed E-state index contributed by atoms with van der Waals surface area (Å²) in [6, 6.07) is 18.8. The van der Waals surface area contributed by atoms with Crippen LogP contribution < -0.4 is 0 Å². The van der Waals surface area contributed by atoms with Crippen LogP contribution in [0.5, 0.6) is 0 Å². The average Bonchev–Trinajstić information content (AvgIpc) is 2.86. The van der Waals surface area contributed by atoms with Crippen molar-refractivity contribution in [3.8, 4) is 0 Å². The van der Waals surface area contributed by atoms with Crippen molar-refractivity contribution < 1.29 is 14.8 Å². The molecule has 0 fully saturated rings. The molecule has 1 aliphatic rings. The molecule has 1 heterocycles. The maximum Gasteiger partial charge on any atom is 0.486 e. The first-order valence-corrected chi connectivity index (χ1v) is 7.14. The first kappa shape index (κ1) is 14.6. The highest BCUT2D eigenvalue weighted by atomic mass is 16.4. The van der Waals surface area contributed by atoms with Crippen LogP contribution in [0.2, 0.25) is 0 Å². The Labute approximate surface area is 129 Å². The summed E-state index contributed by atoms with van der Waals surface area (Å²) in [6.45, 7) is 0.682. The SMILES string of the molecule is O=C1C(c2ccccc2)=C(B(O)O)CN1Cc1ccccc1. The van der Waals surface area contributed by atoms with Crippen molar-refractivity contribution in [1.82, 2.24) is 4.90 Å². The van der Waals surface area contributed by atoms with Crippen LogP contribution in [0.3, 0.4) is 0 Å². The second-order valence-electron chi connectivity index (χ2n) is 5.29. The van der Waals surface area contributed by atoms with Gasteiger partial charge in [0.15, 0.2) is 0 Å². The molecule has 0 atom stereocenters. The third-order valence-corrected chi connectivity index (χ3v) is 3.77. The van der Waals surface area contributed by atoms with Gasteiger partial charge in [-0.1, -0.05) is 60.7 Å². The van der Waals surface area contributed by atoms with Gasteiger partial charge in [-0.15, -0.1) is 0 Å². The van der Waals surface area contributed by atoms with Gasteiger partial charge in [-0.05, 0) is 16.6 Å². The lowest BCUT2D eigenvalue weighted by Gasteiger charge is -2.17. The van der Waals surface area contributed by atoms with Crippen molar-refractivity contribution in [3.05, 3.63) is 77.3 Å². The Morgan fingerprint density at radius 2 is 1.55 bits per heavy atom. The first-order valence-electron chi connectivity index (χ1n) is 7.14. The van der Waals surface area contributed by atoms with Crippen molar-refractivity contribution in [3.63, 3.8) is 0 Å². The van der Waals surface area contributed by atoms with E-state index >= 15 is 0 Å². The zero-order valence-corrected chi connectivity index (χ0v) is 12.0. The summed E-state index contributed by atoms with van der Waals surface area (Å²) >= 11 is 0. The highest BCUT2D eigenvalue weighted by Crippen LogP contribution is 2.29. The second kappa shape index (κ2) is 6.18. The van der Waals surface area contributed by atoms with Gasteiger partial charge in [0.05, 0.1) is 0 Å². The predicted molar refractivity (Wildman–Crippen MR) is 85.4 cm³/mol. The number of carbonyl (C=O) groups excluding carboxylic acids is 1. The van der Waals surface area contributed by atoms with E-state index in [4.69, 9.17) is 0 Å². The molecule has 0 unspecified atom stereocenters. The van der Waals surface area contributed by atoms with Gasteiger partial charge in [-0.3, -0.25) is 4.79 Å². The molecule has 0 radical (unpaired) electrons. The van der Waals surface area contributed by atoms with E-state index in [2.05, 4.69) is 0 Å². The van der Waals surface area contributed by atoms with E-state index in [-0.39, 0.29) is 12.5 Å². The molecular formula is C17H16BNO3. The summed E-state index contributed by atoms with van der Waals surface area (Å²) in [5.41, 5.74) is 2.47. The zero-order chi connectivity index (χ0) is 15.5. The minimum atomic E-state index is -1.63. The Morgan fingerprint density at radius 1 is 0.955 bits per heavy atom. The van der Waals surface area contributed by atoms with E-state index in [1.807, 2.05) is 60.7 Å². The Bertz CT molecular complexity index is 698. The third kappa shape index (κ3) is 2.82. The quantitative estimate of drug-likeness (QED) is 0.840. The van der Waals surface area contributed by atoms with Crippen molar-refractivity contribution in [1.29, 1.82) is 0 Å². The minimum absolute atomic E-state index is 0.168. The number of hydrogen-bond acceptors (Lipinski definition) is 3. The molecule has 4 nitrogen and oxygen atoms in total. The normalized spacial score (nSPS) is 14.6. The summed E-state index contributed by atoms with van der Waals surface area (Å²) in [7, 11) is -1.63. The van der Waals surface area contributed by atoms with Crippen LogP contribution in [-0.2, 0) is 11.3 Å². The zero-order valence-electron chi connectivity index (χ0n) is 12.0. The van der Waals surface area contributed by atoms with Gasteiger partial charge in [0.25, 0.3) is 5.91 Å². The lowest BCUT2D eigenvalue weighted by atomic mass is 9.76. The van der Waals surface area contributed by atoms with Gasteiger partial charge in [0.1, 0.15) is 0 Å². The molecule has 2 aromatic carbocycles. The van der Waals surface area contributed by atoms with E-state index in [0.717, 1.165) is 5.56 Å². The number of rotatable bonds is 4. The Morgan fingerprint density at radius 3 is 2.14 bits per heavy atom. The molecular weight excluding hydrogens is 277 g/mol. The predicted octanol–water partition coefficient (Wildman–Crippen LogP) is 1.49. The number of benzene rings is 2. The smallest absolute Gasteiger partial charge is 0.423 e. The fraction of sp³-hybridized carbons (Fsp3) is 0.118. The van der Waals surface area contributed by atoms with Crippen LogP contribution in [0.4, 0.5) is 0 Å².